The zero-order valence-corrected chi connectivity index (χ0v) is 11.2. The summed E-state index contributed by atoms with van der Waals surface area (Å²) in [5.74, 6) is 0.363. The highest BCUT2D eigenvalue weighted by atomic mass is 16.5. The van der Waals surface area contributed by atoms with Gasteiger partial charge in [0, 0.05) is 23.0 Å². The number of hydrogen-bond acceptors (Lipinski definition) is 2. The van der Waals surface area contributed by atoms with Crippen LogP contribution in [-0.4, -0.2) is 17.6 Å². The molecule has 100 valence electrons. The minimum atomic E-state index is -0.0595. The first-order valence-corrected chi connectivity index (χ1v) is 7.02. The summed E-state index contributed by atoms with van der Waals surface area (Å²) in [5.41, 5.74) is 3.96. The molecule has 0 saturated heterocycles. The second-order valence-corrected chi connectivity index (χ2v) is 5.25. The number of esters is 1. The lowest BCUT2D eigenvalue weighted by molar-refractivity contribution is -0.144. The van der Waals surface area contributed by atoms with Gasteiger partial charge >= 0.3 is 5.97 Å². The highest BCUT2D eigenvalue weighted by Gasteiger charge is 2.24. The molecule has 0 saturated carbocycles. The van der Waals surface area contributed by atoms with Gasteiger partial charge in [-0.1, -0.05) is 18.2 Å². The first kappa shape index (κ1) is 12.3. The molecule has 0 fully saturated rings. The van der Waals surface area contributed by atoms with E-state index >= 15 is 0 Å². The summed E-state index contributed by atoms with van der Waals surface area (Å²) in [6.07, 6.45) is 3.64. The molecule has 0 bridgehead atoms. The van der Waals surface area contributed by atoms with E-state index < -0.39 is 0 Å². The van der Waals surface area contributed by atoms with Crippen LogP contribution in [0.5, 0.6) is 0 Å². The molecule has 1 N–H and O–H groups in total. The molecule has 1 heterocycles. The van der Waals surface area contributed by atoms with Crippen LogP contribution in [0.4, 0.5) is 0 Å². The normalized spacial score (nSPS) is 18.3. The molecule has 2 aromatic rings. The summed E-state index contributed by atoms with van der Waals surface area (Å²) in [7, 11) is 0. The number of aromatic amines is 1. The van der Waals surface area contributed by atoms with Gasteiger partial charge in [0.2, 0.25) is 0 Å². The molecule has 0 aliphatic heterocycles. The van der Waals surface area contributed by atoms with E-state index in [0.29, 0.717) is 18.9 Å². The second kappa shape index (κ2) is 5.08. The fraction of sp³-hybridized carbons (Fsp3) is 0.438. The third-order valence-electron chi connectivity index (χ3n) is 3.96. The van der Waals surface area contributed by atoms with E-state index in [0.717, 1.165) is 19.3 Å². The number of aromatic nitrogens is 1. The second-order valence-electron chi connectivity index (χ2n) is 5.25. The van der Waals surface area contributed by atoms with E-state index in [-0.39, 0.29) is 5.97 Å². The van der Waals surface area contributed by atoms with E-state index in [9.17, 15) is 4.79 Å². The molecule has 0 spiro atoms. The van der Waals surface area contributed by atoms with Crippen molar-refractivity contribution in [2.24, 2.45) is 5.92 Å². The summed E-state index contributed by atoms with van der Waals surface area (Å²) in [6, 6.07) is 8.41. The molecule has 1 aliphatic carbocycles. The number of benzene rings is 1. The van der Waals surface area contributed by atoms with Gasteiger partial charge in [-0.3, -0.25) is 4.79 Å². The quantitative estimate of drug-likeness (QED) is 0.858. The van der Waals surface area contributed by atoms with E-state index in [4.69, 9.17) is 4.74 Å². The monoisotopic (exact) mass is 257 g/mol. The SMILES string of the molecule is CCOC(=O)C[C@@H]1CCc2[nH]c3ccccc3c2C1. The maximum Gasteiger partial charge on any atom is 0.306 e. The predicted molar refractivity (Wildman–Crippen MR) is 75.1 cm³/mol. The Morgan fingerprint density at radius 1 is 1.42 bits per heavy atom. The highest BCUT2D eigenvalue weighted by Crippen LogP contribution is 2.33. The Morgan fingerprint density at radius 2 is 2.26 bits per heavy atom. The summed E-state index contributed by atoms with van der Waals surface area (Å²) in [5, 5.41) is 1.31. The van der Waals surface area contributed by atoms with Crippen LogP contribution in [0.25, 0.3) is 10.9 Å². The highest BCUT2D eigenvalue weighted by molar-refractivity contribution is 5.85. The lowest BCUT2D eigenvalue weighted by atomic mass is 9.84. The standard InChI is InChI=1S/C16H19NO2/c1-2-19-16(18)10-11-7-8-15-13(9-11)12-5-3-4-6-14(12)17-15/h3-6,11,17H,2,7-10H2,1H3/t11-/m1/s1. The van der Waals surface area contributed by atoms with Crippen LogP contribution >= 0.6 is 0 Å². The van der Waals surface area contributed by atoms with Gasteiger partial charge in [-0.05, 0) is 43.7 Å². The molecule has 0 amide bonds. The van der Waals surface area contributed by atoms with Crippen LogP contribution in [-0.2, 0) is 22.4 Å². The number of hydrogen-bond donors (Lipinski definition) is 1. The number of para-hydroxylation sites is 1. The largest absolute Gasteiger partial charge is 0.466 e. The van der Waals surface area contributed by atoms with Crippen molar-refractivity contribution in [3.8, 4) is 0 Å². The zero-order chi connectivity index (χ0) is 13.2. The van der Waals surface area contributed by atoms with Gasteiger partial charge in [0.25, 0.3) is 0 Å². The fourth-order valence-corrected chi connectivity index (χ4v) is 3.07. The average molecular weight is 257 g/mol. The molecule has 3 rings (SSSR count). The number of carbonyl (C=O) groups excluding carboxylic acids is 1. The van der Waals surface area contributed by atoms with Crippen molar-refractivity contribution in [1.82, 2.24) is 4.98 Å². The van der Waals surface area contributed by atoms with E-state index in [1.165, 1.54) is 22.2 Å². The Balaban J connectivity index is 1.81. The van der Waals surface area contributed by atoms with Crippen LogP contribution in [0.2, 0.25) is 0 Å². The minimum Gasteiger partial charge on any atom is -0.466 e. The van der Waals surface area contributed by atoms with Crippen molar-refractivity contribution >= 4 is 16.9 Å². The van der Waals surface area contributed by atoms with Gasteiger partial charge in [0.05, 0.1) is 6.61 Å². The number of rotatable bonds is 3. The van der Waals surface area contributed by atoms with Crippen LogP contribution in [0.3, 0.4) is 0 Å². The van der Waals surface area contributed by atoms with Crippen molar-refractivity contribution in [3.63, 3.8) is 0 Å². The van der Waals surface area contributed by atoms with Gasteiger partial charge in [-0.15, -0.1) is 0 Å². The minimum absolute atomic E-state index is 0.0595. The topological polar surface area (TPSA) is 42.1 Å². The van der Waals surface area contributed by atoms with Crippen molar-refractivity contribution < 1.29 is 9.53 Å². The number of nitrogens with one attached hydrogen (secondary N) is 1. The van der Waals surface area contributed by atoms with Crippen molar-refractivity contribution in [1.29, 1.82) is 0 Å². The first-order chi connectivity index (χ1) is 9.28. The molecule has 3 nitrogen and oxygen atoms in total. The molecule has 0 radical (unpaired) electrons. The lowest BCUT2D eigenvalue weighted by Crippen LogP contribution is -2.18. The fourth-order valence-electron chi connectivity index (χ4n) is 3.07. The third kappa shape index (κ3) is 2.37. The van der Waals surface area contributed by atoms with Gasteiger partial charge in [-0.2, -0.15) is 0 Å². The summed E-state index contributed by atoms with van der Waals surface area (Å²) in [6.45, 7) is 2.33. The zero-order valence-electron chi connectivity index (χ0n) is 11.2. The molecule has 1 atom stereocenters. The lowest BCUT2D eigenvalue weighted by Gasteiger charge is -2.21. The van der Waals surface area contributed by atoms with E-state index in [1.54, 1.807) is 0 Å². The Hall–Kier alpha value is -1.77. The number of H-pyrrole nitrogens is 1. The molecular formula is C16H19NO2. The Bertz CT molecular complexity index is 600. The summed E-state index contributed by atoms with van der Waals surface area (Å²) in [4.78, 5) is 15.1. The Kier molecular flexibility index (Phi) is 3.28. The van der Waals surface area contributed by atoms with Gasteiger partial charge in [0.1, 0.15) is 0 Å². The van der Waals surface area contributed by atoms with Crippen LogP contribution < -0.4 is 0 Å². The van der Waals surface area contributed by atoms with E-state index in [2.05, 4.69) is 29.2 Å². The third-order valence-corrected chi connectivity index (χ3v) is 3.96. The molecule has 19 heavy (non-hydrogen) atoms. The molecule has 1 aliphatic rings. The van der Waals surface area contributed by atoms with Crippen LogP contribution in [0, 0.1) is 5.92 Å². The van der Waals surface area contributed by atoms with E-state index in [1.807, 2.05) is 6.92 Å². The molecule has 1 aromatic carbocycles. The smallest absolute Gasteiger partial charge is 0.306 e. The van der Waals surface area contributed by atoms with Crippen molar-refractivity contribution in [3.05, 3.63) is 35.5 Å². The first-order valence-electron chi connectivity index (χ1n) is 7.02. The number of fused-ring (bicyclic) bond motifs is 3. The average Bonchev–Trinajstić information content (AvgIpc) is 2.77. The molecule has 0 unspecified atom stereocenters. The van der Waals surface area contributed by atoms with Gasteiger partial charge in [0.15, 0.2) is 0 Å². The number of carbonyl (C=O) groups is 1. The maximum absolute atomic E-state index is 11.6. The Labute approximate surface area is 113 Å². The molecule has 1 aromatic heterocycles. The number of ether oxygens (including phenoxy) is 1. The predicted octanol–water partition coefficient (Wildman–Crippen LogP) is 3.23. The van der Waals surface area contributed by atoms with Crippen LogP contribution in [0.15, 0.2) is 24.3 Å². The molecule has 3 heteroatoms. The van der Waals surface area contributed by atoms with Crippen LogP contribution in [0.1, 0.15) is 31.0 Å². The van der Waals surface area contributed by atoms with Crippen molar-refractivity contribution in [2.45, 2.75) is 32.6 Å². The van der Waals surface area contributed by atoms with Gasteiger partial charge in [-0.25, -0.2) is 0 Å². The Morgan fingerprint density at radius 3 is 3.11 bits per heavy atom. The maximum atomic E-state index is 11.6. The summed E-state index contributed by atoms with van der Waals surface area (Å²) < 4.78 is 5.05. The van der Waals surface area contributed by atoms with Gasteiger partial charge < -0.3 is 9.72 Å². The summed E-state index contributed by atoms with van der Waals surface area (Å²) >= 11 is 0. The molecular weight excluding hydrogens is 238 g/mol. The van der Waals surface area contributed by atoms with Crippen molar-refractivity contribution in [2.75, 3.05) is 6.61 Å². The number of aryl methyl sites for hydroxylation is 1.